The van der Waals surface area contributed by atoms with Crippen molar-refractivity contribution in [1.82, 2.24) is 15.5 Å². The van der Waals surface area contributed by atoms with E-state index in [0.717, 1.165) is 25.2 Å². The van der Waals surface area contributed by atoms with Gasteiger partial charge in [-0.05, 0) is 37.1 Å². The van der Waals surface area contributed by atoms with Gasteiger partial charge in [-0.15, -0.1) is 5.10 Å². The molecule has 0 bridgehead atoms. The molecule has 1 fully saturated rings. The maximum Gasteiger partial charge on any atom is 0.269 e. The number of carbonyl (C=O) groups excluding carboxylic acids is 1. The number of aromatic nitrogens is 2. The van der Waals surface area contributed by atoms with Crippen LogP contribution in [0.5, 0.6) is 0 Å². The van der Waals surface area contributed by atoms with Crippen molar-refractivity contribution < 1.29 is 9.72 Å². The first kappa shape index (κ1) is 15.9. The van der Waals surface area contributed by atoms with Crippen LogP contribution in [-0.4, -0.2) is 40.2 Å². The fourth-order valence-electron chi connectivity index (χ4n) is 2.77. The summed E-state index contributed by atoms with van der Waals surface area (Å²) in [6, 6.07) is 9.34. The SMILES string of the molecule is O=C(NC1CCCN(c2cccnn2)C1)c1ccc([N+](=O)[O-])cc1. The zero-order chi connectivity index (χ0) is 16.9. The van der Waals surface area contributed by atoms with Gasteiger partial charge in [0.2, 0.25) is 0 Å². The third kappa shape index (κ3) is 3.65. The number of benzene rings is 1. The molecule has 24 heavy (non-hydrogen) atoms. The van der Waals surface area contributed by atoms with Crippen molar-refractivity contribution >= 4 is 17.4 Å². The van der Waals surface area contributed by atoms with Crippen LogP contribution in [-0.2, 0) is 0 Å². The van der Waals surface area contributed by atoms with Crippen molar-refractivity contribution in [2.24, 2.45) is 0 Å². The molecule has 1 aliphatic heterocycles. The molecule has 3 rings (SSSR count). The highest BCUT2D eigenvalue weighted by Crippen LogP contribution is 2.17. The molecule has 1 aliphatic rings. The van der Waals surface area contributed by atoms with Gasteiger partial charge in [0.25, 0.3) is 11.6 Å². The Morgan fingerprint density at radius 3 is 2.75 bits per heavy atom. The summed E-state index contributed by atoms with van der Waals surface area (Å²) >= 11 is 0. The monoisotopic (exact) mass is 327 g/mol. The largest absolute Gasteiger partial charge is 0.353 e. The van der Waals surface area contributed by atoms with Gasteiger partial charge in [0.15, 0.2) is 5.82 Å². The van der Waals surface area contributed by atoms with Crippen LogP contribution in [0.4, 0.5) is 11.5 Å². The van der Waals surface area contributed by atoms with E-state index in [2.05, 4.69) is 20.4 Å². The number of nitrogens with zero attached hydrogens (tertiary/aromatic N) is 4. The lowest BCUT2D eigenvalue weighted by molar-refractivity contribution is -0.384. The second kappa shape index (κ2) is 7.03. The fraction of sp³-hybridized carbons (Fsp3) is 0.312. The average Bonchev–Trinajstić information content (AvgIpc) is 2.63. The predicted molar refractivity (Wildman–Crippen MR) is 87.8 cm³/mol. The Hall–Kier alpha value is -3.03. The molecule has 1 aromatic heterocycles. The normalized spacial score (nSPS) is 17.3. The van der Waals surface area contributed by atoms with Crippen molar-refractivity contribution in [3.63, 3.8) is 0 Å². The van der Waals surface area contributed by atoms with Gasteiger partial charge < -0.3 is 10.2 Å². The van der Waals surface area contributed by atoms with Crippen LogP contribution in [0, 0.1) is 10.1 Å². The molecule has 1 saturated heterocycles. The number of nitrogens with one attached hydrogen (secondary N) is 1. The summed E-state index contributed by atoms with van der Waals surface area (Å²) in [5.41, 5.74) is 0.385. The van der Waals surface area contributed by atoms with Crippen molar-refractivity contribution in [2.75, 3.05) is 18.0 Å². The number of carbonyl (C=O) groups is 1. The highest BCUT2D eigenvalue weighted by Gasteiger charge is 2.23. The highest BCUT2D eigenvalue weighted by atomic mass is 16.6. The molecule has 1 amide bonds. The molecule has 8 heteroatoms. The summed E-state index contributed by atoms with van der Waals surface area (Å²) in [4.78, 5) is 24.6. The van der Waals surface area contributed by atoms with E-state index in [1.54, 1.807) is 6.20 Å². The van der Waals surface area contributed by atoms with Gasteiger partial charge in [0.1, 0.15) is 0 Å². The van der Waals surface area contributed by atoms with Gasteiger partial charge in [-0.1, -0.05) is 0 Å². The highest BCUT2D eigenvalue weighted by molar-refractivity contribution is 5.94. The molecular formula is C16H17N5O3. The number of rotatable bonds is 4. The van der Waals surface area contributed by atoms with Gasteiger partial charge in [0, 0.05) is 43.0 Å². The molecule has 1 unspecified atom stereocenters. The summed E-state index contributed by atoms with van der Waals surface area (Å²) in [5, 5.41) is 21.6. The van der Waals surface area contributed by atoms with Crippen LogP contribution >= 0.6 is 0 Å². The first-order valence-electron chi connectivity index (χ1n) is 7.71. The lowest BCUT2D eigenvalue weighted by atomic mass is 10.0. The first-order chi connectivity index (χ1) is 11.6. The smallest absolute Gasteiger partial charge is 0.269 e. The van der Waals surface area contributed by atoms with E-state index in [0.29, 0.717) is 12.1 Å². The van der Waals surface area contributed by atoms with Crippen LogP contribution in [0.1, 0.15) is 23.2 Å². The Morgan fingerprint density at radius 2 is 2.08 bits per heavy atom. The van der Waals surface area contributed by atoms with E-state index in [1.165, 1.54) is 24.3 Å². The molecular weight excluding hydrogens is 310 g/mol. The van der Waals surface area contributed by atoms with Crippen LogP contribution in [0.2, 0.25) is 0 Å². The summed E-state index contributed by atoms with van der Waals surface area (Å²) in [5.74, 6) is 0.572. The number of hydrogen-bond donors (Lipinski definition) is 1. The van der Waals surface area contributed by atoms with Gasteiger partial charge >= 0.3 is 0 Å². The number of anilines is 1. The Balaban J connectivity index is 1.62. The topological polar surface area (TPSA) is 101 Å². The van der Waals surface area contributed by atoms with Gasteiger partial charge in [-0.3, -0.25) is 14.9 Å². The summed E-state index contributed by atoms with van der Waals surface area (Å²) in [6.45, 7) is 1.54. The molecule has 0 saturated carbocycles. The molecule has 0 radical (unpaired) electrons. The second-order valence-electron chi connectivity index (χ2n) is 5.64. The Morgan fingerprint density at radius 1 is 1.29 bits per heavy atom. The van der Waals surface area contributed by atoms with Crippen LogP contribution < -0.4 is 10.2 Å². The quantitative estimate of drug-likeness (QED) is 0.678. The average molecular weight is 327 g/mol. The summed E-state index contributed by atoms with van der Waals surface area (Å²) < 4.78 is 0. The third-order valence-corrected chi connectivity index (χ3v) is 3.98. The zero-order valence-electron chi connectivity index (χ0n) is 13.0. The third-order valence-electron chi connectivity index (χ3n) is 3.98. The maximum absolute atomic E-state index is 12.3. The minimum atomic E-state index is -0.485. The van der Waals surface area contributed by atoms with E-state index >= 15 is 0 Å². The number of nitro benzene ring substituents is 1. The molecule has 2 heterocycles. The minimum absolute atomic E-state index is 0.00319. The first-order valence-corrected chi connectivity index (χ1v) is 7.71. The number of amides is 1. The van der Waals surface area contributed by atoms with Crippen LogP contribution in [0.3, 0.4) is 0 Å². The van der Waals surface area contributed by atoms with E-state index in [1.807, 2.05) is 12.1 Å². The number of hydrogen-bond acceptors (Lipinski definition) is 6. The molecule has 0 aliphatic carbocycles. The van der Waals surface area contributed by atoms with E-state index < -0.39 is 4.92 Å². The van der Waals surface area contributed by atoms with Crippen molar-refractivity contribution in [2.45, 2.75) is 18.9 Å². The molecule has 0 spiro atoms. The Labute approximate surface area is 138 Å². The summed E-state index contributed by atoms with van der Waals surface area (Å²) in [7, 11) is 0. The molecule has 2 aromatic rings. The fourth-order valence-corrected chi connectivity index (χ4v) is 2.77. The number of piperidine rings is 1. The summed E-state index contributed by atoms with van der Waals surface area (Å²) in [6.07, 6.45) is 3.46. The lowest BCUT2D eigenvalue weighted by Gasteiger charge is -2.33. The van der Waals surface area contributed by atoms with Crippen LogP contribution in [0.15, 0.2) is 42.6 Å². The molecule has 124 valence electrons. The lowest BCUT2D eigenvalue weighted by Crippen LogP contribution is -2.48. The Bertz CT molecular complexity index is 720. The van der Waals surface area contributed by atoms with Gasteiger partial charge in [-0.25, -0.2) is 0 Å². The number of nitro groups is 1. The molecule has 1 aromatic carbocycles. The van der Waals surface area contributed by atoms with Crippen molar-refractivity contribution in [3.05, 3.63) is 58.3 Å². The van der Waals surface area contributed by atoms with E-state index in [4.69, 9.17) is 0 Å². The van der Waals surface area contributed by atoms with E-state index in [9.17, 15) is 14.9 Å². The van der Waals surface area contributed by atoms with E-state index in [-0.39, 0.29) is 17.6 Å². The second-order valence-corrected chi connectivity index (χ2v) is 5.64. The van der Waals surface area contributed by atoms with Gasteiger partial charge in [-0.2, -0.15) is 5.10 Å². The van der Waals surface area contributed by atoms with Crippen molar-refractivity contribution in [1.29, 1.82) is 0 Å². The number of non-ortho nitro benzene ring substituents is 1. The van der Waals surface area contributed by atoms with Gasteiger partial charge in [0.05, 0.1) is 4.92 Å². The minimum Gasteiger partial charge on any atom is -0.353 e. The molecule has 1 N–H and O–H groups in total. The van der Waals surface area contributed by atoms with Crippen molar-refractivity contribution in [3.8, 4) is 0 Å². The van der Waals surface area contributed by atoms with Crippen LogP contribution in [0.25, 0.3) is 0 Å². The molecule has 1 atom stereocenters. The molecule has 8 nitrogen and oxygen atoms in total. The maximum atomic E-state index is 12.3. The standard InChI is InChI=1S/C16H17N5O3/c22-16(12-5-7-14(8-6-12)21(23)24)18-13-3-2-10-20(11-13)15-4-1-9-17-19-15/h1,4-9,13H,2-3,10-11H2,(H,18,22). The zero-order valence-corrected chi connectivity index (χ0v) is 13.0. The Kier molecular flexibility index (Phi) is 4.64. The predicted octanol–water partition coefficient (Wildman–Crippen LogP) is 1.78.